The van der Waals surface area contributed by atoms with Gasteiger partial charge in [0.1, 0.15) is 6.04 Å². The molecule has 0 saturated carbocycles. The first-order chi connectivity index (χ1) is 16.9. The molecule has 2 aromatic carbocycles. The van der Waals surface area contributed by atoms with E-state index < -0.39 is 6.04 Å². The molecule has 35 heavy (non-hydrogen) atoms. The maximum Gasteiger partial charge on any atom is 0.243 e. The number of hydrogen-bond acceptors (Lipinski definition) is 5. The highest BCUT2D eigenvalue weighted by Crippen LogP contribution is 2.19. The Labute approximate surface area is 207 Å². The van der Waals surface area contributed by atoms with E-state index in [1.54, 1.807) is 4.90 Å². The minimum atomic E-state index is -0.795. The van der Waals surface area contributed by atoms with Crippen LogP contribution < -0.4 is 15.5 Å². The molecule has 1 atom stereocenters. The van der Waals surface area contributed by atoms with Crippen molar-refractivity contribution >= 4 is 29.1 Å². The van der Waals surface area contributed by atoms with Crippen molar-refractivity contribution in [2.75, 3.05) is 56.0 Å². The molecule has 0 radical (unpaired) electrons. The molecule has 4 rings (SSSR count). The molecule has 2 aliphatic heterocycles. The summed E-state index contributed by atoms with van der Waals surface area (Å²) in [7, 11) is 0. The number of para-hydroxylation sites is 1. The summed E-state index contributed by atoms with van der Waals surface area (Å²) >= 11 is 0. The third kappa shape index (κ3) is 6.39. The number of benzene rings is 2. The maximum atomic E-state index is 13.2. The average molecular weight is 478 g/mol. The van der Waals surface area contributed by atoms with E-state index in [0.717, 1.165) is 26.2 Å². The van der Waals surface area contributed by atoms with Crippen molar-refractivity contribution in [2.45, 2.75) is 32.2 Å². The molecule has 0 bridgehead atoms. The van der Waals surface area contributed by atoms with Gasteiger partial charge < -0.3 is 20.4 Å². The second-order valence-electron chi connectivity index (χ2n) is 9.52. The molecular formula is C27H35N5O3. The van der Waals surface area contributed by atoms with Gasteiger partial charge in [-0.2, -0.15) is 0 Å². The number of piperazine rings is 2. The summed E-state index contributed by atoms with van der Waals surface area (Å²) in [6.45, 7) is 8.55. The van der Waals surface area contributed by atoms with Crippen molar-refractivity contribution in [1.29, 1.82) is 0 Å². The van der Waals surface area contributed by atoms with Gasteiger partial charge in [-0.25, -0.2) is 0 Å². The summed E-state index contributed by atoms with van der Waals surface area (Å²) in [5.41, 5.74) is 3.07. The highest BCUT2D eigenvalue weighted by molar-refractivity contribution is 5.97. The lowest BCUT2D eigenvalue weighted by atomic mass is 10.0. The highest BCUT2D eigenvalue weighted by Gasteiger charge is 2.35. The van der Waals surface area contributed by atoms with Gasteiger partial charge in [-0.1, -0.05) is 44.2 Å². The van der Waals surface area contributed by atoms with Crippen LogP contribution in [0.3, 0.4) is 0 Å². The zero-order valence-electron chi connectivity index (χ0n) is 20.6. The predicted octanol–water partition coefficient (Wildman–Crippen LogP) is 2.29. The third-order valence-corrected chi connectivity index (χ3v) is 6.74. The van der Waals surface area contributed by atoms with Crippen molar-refractivity contribution in [3.05, 3.63) is 60.2 Å². The van der Waals surface area contributed by atoms with Gasteiger partial charge >= 0.3 is 0 Å². The molecule has 186 valence electrons. The Morgan fingerprint density at radius 2 is 1.66 bits per heavy atom. The SMILES string of the molecule is CC(C)c1ccc(NC(=O)C[C@H]2C(=O)NCCN2C(=O)CN2CCN(c3ccccc3)CC2)cc1. The Morgan fingerprint density at radius 1 is 0.971 bits per heavy atom. The third-order valence-electron chi connectivity index (χ3n) is 6.74. The molecule has 0 aromatic heterocycles. The molecular weight excluding hydrogens is 442 g/mol. The number of anilines is 2. The topological polar surface area (TPSA) is 85.0 Å². The van der Waals surface area contributed by atoms with E-state index in [0.29, 0.717) is 24.7 Å². The van der Waals surface area contributed by atoms with E-state index >= 15 is 0 Å². The number of amides is 3. The standard InChI is InChI=1S/C27H35N5O3/c1-20(2)21-8-10-22(11-9-21)29-25(33)18-24-27(35)28-12-13-32(24)26(34)19-30-14-16-31(17-15-30)23-6-4-3-5-7-23/h3-11,20,24H,12-19H2,1-2H3,(H,28,35)(H,29,33)/t24-/m0/s1. The van der Waals surface area contributed by atoms with Crippen LogP contribution in [0, 0.1) is 0 Å². The predicted molar refractivity (Wildman–Crippen MR) is 137 cm³/mol. The van der Waals surface area contributed by atoms with Crippen LogP contribution in [0.15, 0.2) is 54.6 Å². The average Bonchev–Trinajstić information content (AvgIpc) is 2.86. The van der Waals surface area contributed by atoms with Crippen molar-refractivity contribution in [3.8, 4) is 0 Å². The molecule has 8 heteroatoms. The molecule has 2 fully saturated rings. The van der Waals surface area contributed by atoms with Gasteiger partial charge in [0, 0.05) is 50.6 Å². The monoisotopic (exact) mass is 477 g/mol. The molecule has 0 unspecified atom stereocenters. The van der Waals surface area contributed by atoms with E-state index in [1.807, 2.05) is 42.5 Å². The van der Waals surface area contributed by atoms with E-state index in [2.05, 4.69) is 46.4 Å². The summed E-state index contributed by atoms with van der Waals surface area (Å²) in [5, 5.41) is 5.66. The summed E-state index contributed by atoms with van der Waals surface area (Å²) in [6, 6.07) is 17.2. The van der Waals surface area contributed by atoms with Crippen molar-refractivity contribution in [3.63, 3.8) is 0 Å². The molecule has 0 spiro atoms. The Balaban J connectivity index is 1.31. The summed E-state index contributed by atoms with van der Waals surface area (Å²) in [4.78, 5) is 44.5. The van der Waals surface area contributed by atoms with Crippen LogP contribution in [-0.4, -0.2) is 79.4 Å². The normalized spacial score (nSPS) is 18.9. The first-order valence-electron chi connectivity index (χ1n) is 12.4. The Kier molecular flexibility index (Phi) is 8.02. The first kappa shape index (κ1) is 24.7. The maximum absolute atomic E-state index is 13.2. The fourth-order valence-electron chi connectivity index (χ4n) is 4.64. The first-order valence-corrected chi connectivity index (χ1v) is 12.4. The molecule has 2 heterocycles. The van der Waals surface area contributed by atoms with Gasteiger partial charge in [-0.15, -0.1) is 0 Å². The Morgan fingerprint density at radius 3 is 2.31 bits per heavy atom. The molecule has 2 N–H and O–H groups in total. The number of carbonyl (C=O) groups excluding carboxylic acids is 3. The van der Waals surface area contributed by atoms with Crippen molar-refractivity contribution in [1.82, 2.24) is 15.1 Å². The van der Waals surface area contributed by atoms with E-state index in [1.165, 1.54) is 11.3 Å². The zero-order valence-corrected chi connectivity index (χ0v) is 20.6. The molecule has 2 aromatic rings. The van der Waals surface area contributed by atoms with Crippen LogP contribution in [0.4, 0.5) is 11.4 Å². The Bertz CT molecular complexity index is 1020. The number of hydrogen-bond donors (Lipinski definition) is 2. The largest absolute Gasteiger partial charge is 0.369 e. The second kappa shape index (κ2) is 11.4. The minimum absolute atomic E-state index is 0.0642. The summed E-state index contributed by atoms with van der Waals surface area (Å²) in [6.07, 6.45) is -0.0642. The molecule has 0 aliphatic carbocycles. The van der Waals surface area contributed by atoms with E-state index in [9.17, 15) is 14.4 Å². The minimum Gasteiger partial charge on any atom is -0.369 e. The second-order valence-corrected chi connectivity index (χ2v) is 9.52. The number of carbonyl (C=O) groups is 3. The van der Waals surface area contributed by atoms with Crippen LogP contribution >= 0.6 is 0 Å². The van der Waals surface area contributed by atoms with Crippen LogP contribution in [0.5, 0.6) is 0 Å². The lowest BCUT2D eigenvalue weighted by Crippen LogP contribution is -2.60. The fourth-order valence-corrected chi connectivity index (χ4v) is 4.64. The van der Waals surface area contributed by atoms with Crippen molar-refractivity contribution < 1.29 is 14.4 Å². The summed E-state index contributed by atoms with van der Waals surface area (Å²) in [5.74, 6) is -0.249. The lowest BCUT2D eigenvalue weighted by Gasteiger charge is -2.39. The van der Waals surface area contributed by atoms with E-state index in [-0.39, 0.29) is 30.7 Å². The van der Waals surface area contributed by atoms with Crippen LogP contribution in [0.2, 0.25) is 0 Å². The lowest BCUT2D eigenvalue weighted by molar-refractivity contribution is -0.145. The molecule has 2 aliphatic rings. The van der Waals surface area contributed by atoms with Crippen LogP contribution in [0.1, 0.15) is 31.7 Å². The van der Waals surface area contributed by atoms with Gasteiger partial charge in [0.25, 0.3) is 0 Å². The van der Waals surface area contributed by atoms with Gasteiger partial charge in [-0.3, -0.25) is 19.3 Å². The Hall–Kier alpha value is -3.39. The van der Waals surface area contributed by atoms with Crippen molar-refractivity contribution in [2.24, 2.45) is 0 Å². The van der Waals surface area contributed by atoms with Gasteiger partial charge in [-0.05, 0) is 35.7 Å². The summed E-state index contributed by atoms with van der Waals surface area (Å²) < 4.78 is 0. The van der Waals surface area contributed by atoms with Gasteiger partial charge in [0.05, 0.1) is 13.0 Å². The molecule has 2 saturated heterocycles. The smallest absolute Gasteiger partial charge is 0.243 e. The van der Waals surface area contributed by atoms with Gasteiger partial charge in [0.15, 0.2) is 0 Å². The molecule has 3 amide bonds. The number of nitrogens with one attached hydrogen (secondary N) is 2. The highest BCUT2D eigenvalue weighted by atomic mass is 16.2. The van der Waals surface area contributed by atoms with Crippen LogP contribution in [-0.2, 0) is 14.4 Å². The molecule has 8 nitrogen and oxygen atoms in total. The zero-order chi connectivity index (χ0) is 24.8. The van der Waals surface area contributed by atoms with Gasteiger partial charge in [0.2, 0.25) is 17.7 Å². The van der Waals surface area contributed by atoms with E-state index in [4.69, 9.17) is 0 Å². The fraction of sp³-hybridized carbons (Fsp3) is 0.444. The number of nitrogens with zero attached hydrogens (tertiary/aromatic N) is 3. The van der Waals surface area contributed by atoms with Crippen LogP contribution in [0.25, 0.3) is 0 Å². The number of rotatable bonds is 7. The quantitative estimate of drug-likeness (QED) is 0.639.